The molecule has 1 unspecified atom stereocenters. The predicted octanol–water partition coefficient (Wildman–Crippen LogP) is 1.92. The molecule has 0 saturated carbocycles. The minimum atomic E-state index is -4.27. The van der Waals surface area contributed by atoms with E-state index in [1.807, 2.05) is 0 Å². The maximum Gasteiger partial charge on any atom is 0.332 e. The molecule has 3 aromatic heterocycles. The normalized spacial score (nSPS) is 12.7. The van der Waals surface area contributed by atoms with Gasteiger partial charge in [0, 0.05) is 30.1 Å². The summed E-state index contributed by atoms with van der Waals surface area (Å²) < 4.78 is 51.4. The smallest absolute Gasteiger partial charge is 0.332 e. The number of carbonyl (C=O) groups is 2. The number of furan rings is 1. The molecular weight excluding hydrogens is 433 g/mol. The van der Waals surface area contributed by atoms with E-state index in [-0.39, 0.29) is 21.9 Å². The standard InChI is InChI=1S/C19H16FN3O7S/c1-21-19(30-16(26)7-6-15(24)25)12-10-14(13-4-2-8-22-18(13)20)23(11-12)31(27,28)17-5-3-9-29-17/h2-11,19,21H,1H3,(H,24,25)/b7-6+. The van der Waals surface area contributed by atoms with Crippen molar-refractivity contribution in [2.24, 2.45) is 0 Å². The van der Waals surface area contributed by atoms with Crippen molar-refractivity contribution in [3.63, 3.8) is 0 Å². The quantitative estimate of drug-likeness (QED) is 0.228. The van der Waals surface area contributed by atoms with Crippen molar-refractivity contribution in [1.29, 1.82) is 0 Å². The lowest BCUT2D eigenvalue weighted by molar-refractivity contribution is -0.145. The summed E-state index contributed by atoms with van der Waals surface area (Å²) in [4.78, 5) is 26.0. The van der Waals surface area contributed by atoms with Gasteiger partial charge in [-0.15, -0.1) is 0 Å². The molecule has 0 aliphatic carbocycles. The minimum absolute atomic E-state index is 0.0885. The number of halogens is 1. The Morgan fingerprint density at radius 1 is 1.32 bits per heavy atom. The lowest BCUT2D eigenvalue weighted by atomic mass is 10.2. The minimum Gasteiger partial charge on any atom is -0.478 e. The van der Waals surface area contributed by atoms with Gasteiger partial charge < -0.3 is 14.3 Å². The van der Waals surface area contributed by atoms with E-state index in [4.69, 9.17) is 14.3 Å². The molecule has 0 fully saturated rings. The van der Waals surface area contributed by atoms with Gasteiger partial charge in [0.15, 0.2) is 6.23 Å². The number of carboxylic acid groups (broad SMARTS) is 1. The number of nitrogens with one attached hydrogen (secondary N) is 1. The molecule has 3 aromatic rings. The van der Waals surface area contributed by atoms with E-state index < -0.39 is 34.1 Å². The molecule has 162 valence electrons. The molecule has 2 N–H and O–H groups in total. The molecule has 0 aromatic carbocycles. The van der Waals surface area contributed by atoms with Crippen LogP contribution in [-0.2, 0) is 24.3 Å². The van der Waals surface area contributed by atoms with Gasteiger partial charge in [-0.25, -0.2) is 18.5 Å². The Labute approximate surface area is 175 Å². The monoisotopic (exact) mass is 449 g/mol. The highest BCUT2D eigenvalue weighted by Crippen LogP contribution is 2.31. The SMILES string of the molecule is CNC(OC(=O)/C=C/C(=O)O)c1cc(-c2cccnc2F)n(S(=O)(=O)c2ccco2)c1. The van der Waals surface area contributed by atoms with Crippen LogP contribution >= 0.6 is 0 Å². The molecule has 0 spiro atoms. The van der Waals surface area contributed by atoms with Crippen LogP contribution in [0.4, 0.5) is 4.39 Å². The van der Waals surface area contributed by atoms with E-state index in [0.717, 1.165) is 10.2 Å². The van der Waals surface area contributed by atoms with Crippen LogP contribution in [0.3, 0.4) is 0 Å². The first-order chi connectivity index (χ1) is 14.7. The topological polar surface area (TPSA) is 141 Å². The number of hydrogen-bond acceptors (Lipinski definition) is 8. The summed E-state index contributed by atoms with van der Waals surface area (Å²) >= 11 is 0. The Bertz CT molecular complexity index is 1230. The van der Waals surface area contributed by atoms with Crippen molar-refractivity contribution in [3.8, 4) is 11.3 Å². The van der Waals surface area contributed by atoms with Gasteiger partial charge in [-0.1, -0.05) is 0 Å². The summed E-state index contributed by atoms with van der Waals surface area (Å²) in [5.41, 5.74) is -0.0573. The fourth-order valence-corrected chi connectivity index (χ4v) is 3.97. The fourth-order valence-electron chi connectivity index (χ4n) is 2.68. The predicted molar refractivity (Wildman–Crippen MR) is 104 cm³/mol. The molecule has 10 nitrogen and oxygen atoms in total. The number of nitrogens with zero attached hydrogens (tertiary/aromatic N) is 2. The average Bonchev–Trinajstić information content (AvgIpc) is 3.41. The summed E-state index contributed by atoms with van der Waals surface area (Å²) in [6.07, 6.45) is 3.64. The third kappa shape index (κ3) is 4.70. The Balaban J connectivity index is 2.10. The first kappa shape index (κ1) is 21.9. The van der Waals surface area contributed by atoms with Crippen LogP contribution in [0.1, 0.15) is 11.8 Å². The Morgan fingerprint density at radius 3 is 2.71 bits per heavy atom. The van der Waals surface area contributed by atoms with E-state index in [1.54, 1.807) is 0 Å². The Morgan fingerprint density at radius 2 is 2.10 bits per heavy atom. The van der Waals surface area contributed by atoms with Crippen molar-refractivity contribution >= 4 is 22.0 Å². The van der Waals surface area contributed by atoms with Gasteiger partial charge in [0.1, 0.15) is 0 Å². The van der Waals surface area contributed by atoms with Gasteiger partial charge >= 0.3 is 22.0 Å². The number of aliphatic carboxylic acids is 1. The molecule has 0 amide bonds. The molecule has 3 rings (SSSR count). The van der Waals surface area contributed by atoms with Gasteiger partial charge in [0.25, 0.3) is 0 Å². The number of carbonyl (C=O) groups excluding carboxylic acids is 1. The zero-order valence-electron chi connectivity index (χ0n) is 15.9. The summed E-state index contributed by atoms with van der Waals surface area (Å²) in [6, 6.07) is 6.68. The summed E-state index contributed by atoms with van der Waals surface area (Å²) in [7, 11) is -2.83. The second-order valence-corrected chi connectivity index (χ2v) is 7.76. The van der Waals surface area contributed by atoms with E-state index in [0.29, 0.717) is 12.2 Å². The number of ether oxygens (including phenoxy) is 1. The van der Waals surface area contributed by atoms with Crippen LogP contribution in [0.5, 0.6) is 0 Å². The number of esters is 1. The van der Waals surface area contributed by atoms with Crippen molar-refractivity contribution in [1.82, 2.24) is 14.3 Å². The molecule has 0 saturated heterocycles. The summed E-state index contributed by atoms with van der Waals surface area (Å²) in [5.74, 6) is -3.24. The average molecular weight is 449 g/mol. The van der Waals surface area contributed by atoms with Crippen molar-refractivity contribution in [2.75, 3.05) is 7.05 Å². The van der Waals surface area contributed by atoms with Crippen LogP contribution in [-0.4, -0.2) is 41.5 Å². The van der Waals surface area contributed by atoms with Gasteiger partial charge in [0.05, 0.1) is 17.5 Å². The molecule has 3 heterocycles. The molecule has 0 aliphatic rings. The second-order valence-electron chi connectivity index (χ2n) is 6.01. The van der Waals surface area contributed by atoms with E-state index >= 15 is 0 Å². The molecule has 0 radical (unpaired) electrons. The van der Waals surface area contributed by atoms with Gasteiger partial charge in [-0.3, -0.25) is 5.32 Å². The number of aromatic nitrogens is 2. The van der Waals surface area contributed by atoms with Crippen LogP contribution in [0.25, 0.3) is 11.3 Å². The maximum atomic E-state index is 14.4. The first-order valence-electron chi connectivity index (χ1n) is 8.65. The summed E-state index contributed by atoms with van der Waals surface area (Å²) in [5, 5.41) is 10.9. The van der Waals surface area contributed by atoms with E-state index in [2.05, 4.69) is 10.3 Å². The van der Waals surface area contributed by atoms with Crippen LogP contribution in [0, 0.1) is 5.95 Å². The molecule has 31 heavy (non-hydrogen) atoms. The van der Waals surface area contributed by atoms with Crippen molar-refractivity contribution < 1.29 is 36.7 Å². The molecule has 0 aliphatic heterocycles. The van der Waals surface area contributed by atoms with Crippen molar-refractivity contribution in [2.45, 2.75) is 11.3 Å². The highest BCUT2D eigenvalue weighted by Gasteiger charge is 2.28. The van der Waals surface area contributed by atoms with Crippen LogP contribution < -0.4 is 5.32 Å². The number of hydrogen-bond donors (Lipinski definition) is 2. The van der Waals surface area contributed by atoms with E-state index in [1.165, 1.54) is 49.8 Å². The van der Waals surface area contributed by atoms with Gasteiger partial charge in [-0.05, 0) is 37.4 Å². The highest BCUT2D eigenvalue weighted by atomic mass is 32.2. The number of pyridine rings is 1. The molecular formula is C19H16FN3O7S. The number of carboxylic acids is 1. The van der Waals surface area contributed by atoms with Gasteiger partial charge in [-0.2, -0.15) is 12.8 Å². The zero-order valence-corrected chi connectivity index (χ0v) is 16.7. The van der Waals surface area contributed by atoms with Crippen LogP contribution in [0.15, 0.2) is 70.7 Å². The lowest BCUT2D eigenvalue weighted by Crippen LogP contribution is -2.22. The fraction of sp³-hybridized carbons (Fsp3) is 0.105. The Kier molecular flexibility index (Phi) is 6.32. The largest absolute Gasteiger partial charge is 0.478 e. The molecule has 12 heteroatoms. The third-order valence-electron chi connectivity index (χ3n) is 4.01. The highest BCUT2D eigenvalue weighted by molar-refractivity contribution is 7.89. The Hall–Kier alpha value is -3.77. The first-order valence-corrected chi connectivity index (χ1v) is 10.1. The zero-order chi connectivity index (χ0) is 22.6. The lowest BCUT2D eigenvalue weighted by Gasteiger charge is -2.14. The molecule has 0 bridgehead atoms. The summed E-state index contributed by atoms with van der Waals surface area (Å²) in [6.45, 7) is 0. The maximum absolute atomic E-state index is 14.4. The molecule has 1 atom stereocenters. The van der Waals surface area contributed by atoms with Crippen LogP contribution in [0.2, 0.25) is 0 Å². The third-order valence-corrected chi connectivity index (χ3v) is 5.57. The second kappa shape index (κ2) is 8.93. The van der Waals surface area contributed by atoms with Gasteiger partial charge in [0.2, 0.25) is 11.0 Å². The van der Waals surface area contributed by atoms with E-state index in [9.17, 15) is 22.4 Å². The van der Waals surface area contributed by atoms with Crippen molar-refractivity contribution in [3.05, 3.63) is 72.7 Å². The number of rotatable bonds is 8.